The number of hydrogen-bond donors (Lipinski definition) is 2. The van der Waals surface area contributed by atoms with E-state index in [1.165, 1.54) is 22.8 Å². The Morgan fingerprint density at radius 1 is 0.550 bits per heavy atom. The van der Waals surface area contributed by atoms with E-state index in [1.54, 1.807) is 30.9 Å². The first-order valence-corrected chi connectivity index (χ1v) is 40.2. The van der Waals surface area contributed by atoms with Gasteiger partial charge in [0.2, 0.25) is 5.91 Å². The lowest BCUT2D eigenvalue weighted by atomic mass is 9.84. The highest BCUT2D eigenvalue weighted by Gasteiger charge is 2.29. The molecule has 11 heterocycles. The number of nitrogens with one attached hydrogen (secondary N) is 2. The highest BCUT2D eigenvalue weighted by molar-refractivity contribution is 6.15. The molecule has 1 atom stereocenters. The van der Waals surface area contributed by atoms with Gasteiger partial charge in [0.15, 0.2) is 17.2 Å². The zero-order chi connectivity index (χ0) is 92.4. The summed E-state index contributed by atoms with van der Waals surface area (Å²) in [5.41, 5.74) is 14.8. The van der Waals surface area contributed by atoms with Gasteiger partial charge in [0.1, 0.15) is 47.2 Å². The van der Waals surface area contributed by atoms with Gasteiger partial charge >= 0.3 is 5.97 Å². The first-order chi connectivity index (χ1) is 55.1. The maximum Gasteiger partial charge on any atom is 0.330 e. The lowest BCUT2D eigenvalue weighted by Gasteiger charge is -2.36. The van der Waals surface area contributed by atoms with Crippen LogP contribution in [0.2, 0.25) is 0 Å². The minimum atomic E-state index is -0.204. The number of imidazole rings is 1. The summed E-state index contributed by atoms with van der Waals surface area (Å²) in [6.07, 6.45) is 69.9. The van der Waals surface area contributed by atoms with Crippen molar-refractivity contribution in [2.75, 3.05) is 26.2 Å². The monoisotopic (exact) mass is 1630 g/mol. The Morgan fingerprint density at radius 3 is 1.41 bits per heavy atom. The van der Waals surface area contributed by atoms with E-state index in [1.807, 2.05) is 50.0 Å². The van der Waals surface area contributed by atoms with Gasteiger partial charge in [-0.05, 0) is 113 Å². The van der Waals surface area contributed by atoms with Gasteiger partial charge in [-0.2, -0.15) is 5.10 Å². The number of esters is 1. The molecule has 120 heavy (non-hydrogen) atoms. The number of amides is 1. The largest absolute Gasteiger partial charge is 0.459 e. The SMILES string of the molecule is C#CC1=NC(C(C)(C)C)=CC1.C#CC1=NCC(C(C)(C)C)=C1.C#CC1=NCC=C1C(C)(C)C.C#CC1=NCC=C1C(C)(C)C.C#Cc1cc(C(C)(C)C)n[nH]1.C#Cc1cc(C(C)(C)C)on1.C#Cc1nc(C(C)(C)C)co1.C#Cc1ncc(C(C)(C)C)[nH]1.C#Cc1nocc1C(C)(C)C.CC(C)(C)N1CCC=CC1=O.CC(C)C1CC=CC(=O)O1. The van der Waals surface area contributed by atoms with Crippen molar-refractivity contribution in [1.29, 1.82) is 0 Å². The molecule has 18 nitrogen and oxygen atoms in total. The fraction of sp³-hybridized carbons (Fsp3) is 0.500. The van der Waals surface area contributed by atoms with Crippen LogP contribution in [0.4, 0.5) is 0 Å². The Bertz CT molecular complexity index is 4650. The lowest BCUT2D eigenvalue weighted by Crippen LogP contribution is -2.46. The Labute approximate surface area is 722 Å². The second-order valence-corrected chi connectivity index (χ2v) is 39.1. The number of oxazole rings is 1. The number of rotatable bonds is 1. The Kier molecular flexibility index (Phi) is 41.1. The van der Waals surface area contributed by atoms with Crippen molar-refractivity contribution in [3.63, 3.8) is 0 Å². The lowest BCUT2D eigenvalue weighted by molar-refractivity contribution is -0.146. The van der Waals surface area contributed by atoms with Crippen LogP contribution in [0, 0.1) is 139 Å². The van der Waals surface area contributed by atoms with Crippen molar-refractivity contribution < 1.29 is 27.8 Å². The third kappa shape index (κ3) is 38.3. The molecule has 1 unspecified atom stereocenters. The highest BCUT2D eigenvalue weighted by atomic mass is 16.5. The molecule has 2 N–H and O–H groups in total. The number of cyclic esters (lactones) is 1. The average molecular weight is 1630 g/mol. The van der Waals surface area contributed by atoms with Crippen LogP contribution in [0.15, 0.2) is 135 Å². The summed E-state index contributed by atoms with van der Waals surface area (Å²) in [6.45, 7) is 70.5. The third-order valence-corrected chi connectivity index (χ3v) is 17.8. The molecule has 1 amide bonds. The fourth-order valence-electron chi connectivity index (χ4n) is 10.4. The molecule has 0 saturated heterocycles. The maximum absolute atomic E-state index is 11.3. The molecular formula is C102H136N12O6. The van der Waals surface area contributed by atoms with Gasteiger partial charge in [0, 0.05) is 87.3 Å². The molecule has 0 radical (unpaired) electrons. The number of hydrogen-bond acceptors (Lipinski definition) is 15. The van der Waals surface area contributed by atoms with Crippen LogP contribution in [0.3, 0.4) is 0 Å². The second kappa shape index (κ2) is 46.5. The van der Waals surface area contributed by atoms with Gasteiger partial charge in [-0.1, -0.05) is 271 Å². The number of H-pyrrole nitrogens is 2. The summed E-state index contributed by atoms with van der Waals surface area (Å²) in [6, 6.07) is 3.69. The molecule has 0 saturated carbocycles. The van der Waals surface area contributed by atoms with Crippen molar-refractivity contribution in [3.8, 4) is 111 Å². The summed E-state index contributed by atoms with van der Waals surface area (Å²) in [4.78, 5) is 51.9. The molecule has 0 aromatic carbocycles. The molecule has 640 valence electrons. The van der Waals surface area contributed by atoms with Crippen molar-refractivity contribution in [2.24, 2.45) is 47.5 Å². The van der Waals surface area contributed by atoms with E-state index in [4.69, 9.17) is 76.0 Å². The normalized spacial score (nSPS) is 15.3. The Morgan fingerprint density at radius 2 is 1.12 bits per heavy atom. The van der Waals surface area contributed by atoms with Gasteiger partial charge in [-0.25, -0.2) is 19.8 Å². The number of carbonyl (C=O) groups is 2. The van der Waals surface area contributed by atoms with Crippen LogP contribution in [0.25, 0.3) is 0 Å². The number of allylic oxidation sites excluding steroid dienone is 5. The van der Waals surface area contributed by atoms with E-state index in [0.29, 0.717) is 29.0 Å². The molecule has 6 aliphatic rings. The van der Waals surface area contributed by atoms with E-state index in [9.17, 15) is 9.59 Å². The standard InChI is InChI=1S/4C10H13N.2C9H12N2.C9H15NO.3C9H11NO.C8H12O2/c1-5-9-6-8(7-11-9)10(2,3)4;2*1-5-9-8(6-7-11-9)10(2,3)4;1-5-8-6-7-9(11-8)10(2,3)4;1-5-8-10-6-7(11-8)9(2,3)4;1-5-7-6-8(11-10-7)9(2,3)4;1-9(2,3)10-7-5-4-6-8(10)11;1-5-8-10-7(6-11-8)9(2,3)4;1-5-8-7(6-11-10-8)9(2,3)4;1-5-7-6-8(11-10-7)9(2,3)4;1-6(2)7-4-3-5-8(9)10-7/h3*1,6H,7H2,2-4H3;1,7H,6H2,2-4H3;2*1,6H,2-4H3,(H,10,11);4,6H,5,7H2,1-3H3;3*1,6H,2-4H3;3,5-7H,4H2,1-2H3. The zero-order valence-corrected chi connectivity index (χ0v) is 78.2. The van der Waals surface area contributed by atoms with Crippen LogP contribution in [0.5, 0.6) is 0 Å². The molecule has 5 aromatic heterocycles. The molecule has 0 fully saturated rings. The highest BCUT2D eigenvalue weighted by Crippen LogP contribution is 2.33. The minimum absolute atomic E-state index is 0.0118. The summed E-state index contributed by atoms with van der Waals surface area (Å²) >= 11 is 0. The predicted octanol–water partition coefficient (Wildman–Crippen LogP) is 20.9. The zero-order valence-electron chi connectivity index (χ0n) is 78.2. The van der Waals surface area contributed by atoms with Gasteiger partial charge in [0.25, 0.3) is 5.89 Å². The summed E-state index contributed by atoms with van der Waals surface area (Å²) < 4.78 is 19.8. The van der Waals surface area contributed by atoms with Gasteiger partial charge in [-0.15, -0.1) is 57.8 Å². The van der Waals surface area contributed by atoms with Gasteiger partial charge in [-0.3, -0.25) is 24.9 Å². The predicted molar refractivity (Wildman–Crippen MR) is 498 cm³/mol. The minimum Gasteiger partial charge on any atom is -0.459 e. The first kappa shape index (κ1) is 106. The van der Waals surface area contributed by atoms with Crippen LogP contribution in [-0.4, -0.2) is 113 Å². The van der Waals surface area contributed by atoms with Gasteiger partial charge < -0.3 is 28.1 Å². The summed E-state index contributed by atoms with van der Waals surface area (Å²) in [7, 11) is 0. The number of aliphatic imine (C=N–C) groups is 4. The molecule has 18 heteroatoms. The number of aromatic amines is 2. The molecule has 6 aliphatic heterocycles. The molecule has 0 bridgehead atoms. The quantitative estimate of drug-likeness (QED) is 0.118. The Hall–Kier alpha value is -11.9. The van der Waals surface area contributed by atoms with E-state index in [0.717, 1.165) is 108 Å². The molecule has 5 aromatic rings. The topological polar surface area (TPSA) is 231 Å². The molecule has 0 aliphatic carbocycles. The van der Waals surface area contributed by atoms with E-state index >= 15 is 0 Å². The van der Waals surface area contributed by atoms with Crippen molar-refractivity contribution >= 4 is 34.7 Å². The van der Waals surface area contributed by atoms with E-state index in [-0.39, 0.29) is 72.3 Å². The third-order valence-electron chi connectivity index (χ3n) is 17.8. The van der Waals surface area contributed by atoms with Crippen molar-refractivity contribution in [1.82, 2.24) is 40.4 Å². The molecule has 0 spiro atoms. The number of ether oxygens (including phenoxy) is 1. The fourth-order valence-corrected chi connectivity index (χ4v) is 10.4. The number of nitrogens with zero attached hydrogens (tertiary/aromatic N) is 10. The maximum atomic E-state index is 11.3. The average Bonchev–Trinajstić information content (AvgIpc) is 1.67. The van der Waals surface area contributed by atoms with Gasteiger partial charge in [0.05, 0.1) is 36.7 Å². The number of aromatic nitrogens is 7. The second-order valence-electron chi connectivity index (χ2n) is 39.1. The van der Waals surface area contributed by atoms with Crippen molar-refractivity contribution in [2.45, 2.75) is 280 Å². The Balaban J connectivity index is 0.000000660. The number of terminal acetylenes is 9. The molecule has 11 rings (SSSR count). The first-order valence-electron chi connectivity index (χ1n) is 40.2. The van der Waals surface area contributed by atoms with E-state index < -0.39 is 0 Å². The molecular weight excluding hydrogens is 1490 g/mol. The summed E-state index contributed by atoms with van der Waals surface area (Å²) in [5.74, 6) is 24.6. The van der Waals surface area contributed by atoms with Crippen LogP contribution in [0.1, 0.15) is 298 Å². The number of carbonyl (C=O) groups excluding carboxylic acids is 2. The van der Waals surface area contributed by atoms with Crippen LogP contribution < -0.4 is 0 Å². The van der Waals surface area contributed by atoms with E-state index in [2.05, 4.69) is 328 Å². The van der Waals surface area contributed by atoms with Crippen molar-refractivity contribution in [3.05, 3.63) is 159 Å². The summed E-state index contributed by atoms with van der Waals surface area (Å²) in [5, 5.41) is 14.2. The van der Waals surface area contributed by atoms with Crippen LogP contribution in [-0.2, 0) is 41.4 Å². The smallest absolute Gasteiger partial charge is 0.330 e. The van der Waals surface area contributed by atoms with Crippen LogP contribution >= 0.6 is 0 Å².